The van der Waals surface area contributed by atoms with Gasteiger partial charge in [-0.3, -0.25) is 9.59 Å². The van der Waals surface area contributed by atoms with Gasteiger partial charge in [-0.1, -0.05) is 76.7 Å². The molecule has 54 heavy (non-hydrogen) atoms. The Hall–Kier alpha value is -5.65. The number of aromatic amines is 1. The summed E-state index contributed by atoms with van der Waals surface area (Å²) < 4.78 is 5.28. The van der Waals surface area contributed by atoms with E-state index in [1.807, 2.05) is 49.4 Å². The zero-order valence-electron chi connectivity index (χ0n) is 28.3. The largest absolute Gasteiger partial charge is 0.505 e. The zero-order chi connectivity index (χ0) is 37.8. The number of aliphatic imine (C=N–C) groups is 1. The highest BCUT2D eigenvalue weighted by molar-refractivity contribution is 6.55. The molecule has 10 nitrogen and oxygen atoms in total. The number of anilines is 1. The van der Waals surface area contributed by atoms with Crippen LogP contribution in [0.25, 0.3) is 32.6 Å². The number of phenols is 1. The Kier molecular flexibility index (Phi) is 9.15. The summed E-state index contributed by atoms with van der Waals surface area (Å²) in [6.45, 7) is 1.87. The molecule has 1 aliphatic heterocycles. The molecule has 0 spiro atoms. The molecule has 0 aliphatic carbocycles. The van der Waals surface area contributed by atoms with E-state index in [1.54, 1.807) is 49.6 Å². The van der Waals surface area contributed by atoms with Crippen LogP contribution in [0, 0.1) is 6.92 Å². The number of carbonyl (C=O) groups excluding carboxylic acids is 2. The summed E-state index contributed by atoms with van der Waals surface area (Å²) in [5.41, 5.74) is 4.98. The monoisotopic (exact) mass is 794 g/mol. The van der Waals surface area contributed by atoms with Crippen LogP contribution in [0.3, 0.4) is 0 Å². The molecule has 2 heterocycles. The number of methoxy groups -OCH3 is 1. The summed E-state index contributed by atoms with van der Waals surface area (Å²) in [6.07, 6.45) is -0.123. The van der Waals surface area contributed by atoms with Crippen molar-refractivity contribution in [3.63, 3.8) is 0 Å². The molecule has 0 unspecified atom stereocenters. The number of hydrogen-bond acceptors (Lipinski definition) is 7. The fourth-order valence-electron chi connectivity index (χ4n) is 6.55. The lowest BCUT2D eigenvalue weighted by atomic mass is 9.98. The summed E-state index contributed by atoms with van der Waals surface area (Å²) in [6, 6.07) is 25.7. The molecule has 6 aromatic carbocycles. The van der Waals surface area contributed by atoms with E-state index in [1.165, 1.54) is 0 Å². The van der Waals surface area contributed by atoms with Crippen LogP contribution in [0.4, 0.5) is 22.7 Å². The highest BCUT2D eigenvalue weighted by atomic mass is 35.5. The number of azo groups is 1. The van der Waals surface area contributed by atoms with Crippen LogP contribution in [0.5, 0.6) is 11.5 Å². The third-order valence-corrected chi connectivity index (χ3v) is 11.0. The van der Waals surface area contributed by atoms with E-state index in [4.69, 9.17) is 51.1 Å². The molecule has 0 saturated heterocycles. The standard InChI is InChI=1S/C40H26Cl4N6O4/c1-18-15-23(54-2)12-14-26(18)46-28(51)17-20-16-19-7-13-25-24-5-3-4-6-27(24)47-36(25)29(19)37(38(20)52)50-49-22-10-8-21(9-11-22)45-39-30-31(40(53)48-39)33(42)35(44)34(43)32(30)41/h3-16,47,52H,17H2,1-2H3,(H,46,51)(H,45,48,53). The molecule has 0 atom stereocenters. The van der Waals surface area contributed by atoms with Crippen molar-refractivity contribution in [2.45, 2.75) is 13.3 Å². The van der Waals surface area contributed by atoms with E-state index in [-0.39, 0.29) is 60.8 Å². The molecule has 1 aromatic heterocycles. The number of amides is 2. The number of aryl methyl sites for hydroxylation is 1. The number of ether oxygens (including phenoxy) is 1. The number of para-hydroxylation sites is 1. The van der Waals surface area contributed by atoms with Gasteiger partial charge in [-0.15, -0.1) is 5.11 Å². The van der Waals surface area contributed by atoms with Crippen molar-refractivity contribution in [3.8, 4) is 11.5 Å². The van der Waals surface area contributed by atoms with Gasteiger partial charge in [-0.2, -0.15) is 5.11 Å². The molecular weight excluding hydrogens is 770 g/mol. The number of H-pyrrole nitrogens is 1. The lowest BCUT2D eigenvalue weighted by molar-refractivity contribution is -0.115. The molecule has 2 amide bonds. The number of amidine groups is 1. The average molecular weight is 796 g/mol. The summed E-state index contributed by atoms with van der Waals surface area (Å²) in [5, 5.41) is 29.8. The minimum absolute atomic E-state index is 0.0135. The van der Waals surface area contributed by atoms with E-state index < -0.39 is 5.91 Å². The van der Waals surface area contributed by atoms with Crippen molar-refractivity contribution >= 4 is 119 Å². The van der Waals surface area contributed by atoms with Crippen molar-refractivity contribution in [1.82, 2.24) is 10.3 Å². The van der Waals surface area contributed by atoms with E-state index >= 15 is 0 Å². The number of phenolic OH excluding ortho intramolecular Hbond substituents is 1. The molecule has 14 heteroatoms. The van der Waals surface area contributed by atoms with Crippen LogP contribution in [0.2, 0.25) is 20.1 Å². The van der Waals surface area contributed by atoms with Crippen molar-refractivity contribution in [3.05, 3.63) is 127 Å². The Morgan fingerprint density at radius 3 is 2.30 bits per heavy atom. The second-order valence-electron chi connectivity index (χ2n) is 12.5. The molecule has 8 rings (SSSR count). The number of hydrogen-bond donors (Lipinski definition) is 4. The van der Waals surface area contributed by atoms with Gasteiger partial charge < -0.3 is 25.5 Å². The van der Waals surface area contributed by atoms with Crippen molar-refractivity contribution < 1.29 is 19.4 Å². The van der Waals surface area contributed by atoms with Crippen molar-refractivity contribution in [2.75, 3.05) is 12.4 Å². The summed E-state index contributed by atoms with van der Waals surface area (Å²) in [5.74, 6) is -0.159. The minimum atomic E-state index is -0.508. The Balaban J connectivity index is 1.16. The van der Waals surface area contributed by atoms with Gasteiger partial charge in [-0.25, -0.2) is 4.99 Å². The fraction of sp³-hybridized carbons (Fsp3) is 0.0750. The molecule has 268 valence electrons. The first kappa shape index (κ1) is 35.4. The Morgan fingerprint density at radius 1 is 0.833 bits per heavy atom. The molecule has 0 fully saturated rings. The number of aromatic hydroxyl groups is 1. The van der Waals surface area contributed by atoms with Gasteiger partial charge >= 0.3 is 0 Å². The van der Waals surface area contributed by atoms with Gasteiger partial charge in [0.05, 0.1) is 61.6 Å². The second kappa shape index (κ2) is 14.0. The Bertz CT molecular complexity index is 2800. The second-order valence-corrected chi connectivity index (χ2v) is 14.0. The van der Waals surface area contributed by atoms with Gasteiger partial charge in [0.25, 0.3) is 5.91 Å². The number of fused-ring (bicyclic) bond motifs is 6. The first-order valence-corrected chi connectivity index (χ1v) is 17.9. The third-order valence-electron chi connectivity index (χ3n) is 9.19. The maximum Gasteiger partial charge on any atom is 0.259 e. The van der Waals surface area contributed by atoms with Crippen LogP contribution in [0.1, 0.15) is 27.0 Å². The van der Waals surface area contributed by atoms with Crippen LogP contribution >= 0.6 is 46.4 Å². The zero-order valence-corrected chi connectivity index (χ0v) is 31.3. The SMILES string of the molecule is COc1ccc(NC(=O)Cc2cc3ccc4c5ccccc5[nH]c4c3c(N=Nc3ccc(N=C4NC(=O)c5c(Cl)c(Cl)c(Cl)c(Cl)c54)cc3)c2O)c(C)c1. The summed E-state index contributed by atoms with van der Waals surface area (Å²) in [7, 11) is 1.58. The van der Waals surface area contributed by atoms with E-state index in [0.29, 0.717) is 33.8 Å². The van der Waals surface area contributed by atoms with Crippen molar-refractivity contribution in [1.29, 1.82) is 0 Å². The number of carbonyl (C=O) groups is 2. The fourth-order valence-corrected chi connectivity index (χ4v) is 7.58. The van der Waals surface area contributed by atoms with E-state index in [2.05, 4.69) is 30.8 Å². The van der Waals surface area contributed by atoms with Crippen LogP contribution in [-0.4, -0.2) is 34.9 Å². The van der Waals surface area contributed by atoms with Gasteiger partial charge in [-0.05, 0) is 72.5 Å². The molecule has 0 saturated carbocycles. The number of nitrogens with zero attached hydrogens (tertiary/aromatic N) is 3. The van der Waals surface area contributed by atoms with Crippen LogP contribution in [-0.2, 0) is 11.2 Å². The number of benzene rings is 6. The maximum atomic E-state index is 13.3. The smallest absolute Gasteiger partial charge is 0.259 e. The predicted molar refractivity (Wildman–Crippen MR) is 216 cm³/mol. The van der Waals surface area contributed by atoms with Gasteiger partial charge in [0, 0.05) is 32.9 Å². The minimum Gasteiger partial charge on any atom is -0.505 e. The highest BCUT2D eigenvalue weighted by Gasteiger charge is 2.34. The van der Waals surface area contributed by atoms with Gasteiger partial charge in [0.15, 0.2) is 0 Å². The Morgan fingerprint density at radius 2 is 1.56 bits per heavy atom. The number of halogens is 4. The van der Waals surface area contributed by atoms with E-state index in [9.17, 15) is 14.7 Å². The number of aromatic nitrogens is 1. The third kappa shape index (κ3) is 6.16. The Labute approximate surface area is 327 Å². The number of rotatable bonds is 7. The lowest BCUT2D eigenvalue weighted by Crippen LogP contribution is -2.21. The van der Waals surface area contributed by atoms with Gasteiger partial charge in [0.1, 0.15) is 23.0 Å². The van der Waals surface area contributed by atoms with Crippen molar-refractivity contribution in [2.24, 2.45) is 15.2 Å². The summed E-state index contributed by atoms with van der Waals surface area (Å²) >= 11 is 25.2. The first-order chi connectivity index (χ1) is 26.0. The average Bonchev–Trinajstić information content (AvgIpc) is 3.71. The normalized spacial score (nSPS) is 13.4. The molecular formula is C40H26Cl4N6O4. The van der Waals surface area contributed by atoms with E-state index in [0.717, 1.165) is 32.8 Å². The molecule has 0 bridgehead atoms. The highest BCUT2D eigenvalue weighted by Crippen LogP contribution is 2.45. The summed E-state index contributed by atoms with van der Waals surface area (Å²) in [4.78, 5) is 34.1. The first-order valence-electron chi connectivity index (χ1n) is 16.4. The number of nitrogens with one attached hydrogen (secondary N) is 3. The maximum absolute atomic E-state index is 13.3. The molecule has 4 N–H and O–H groups in total. The lowest BCUT2D eigenvalue weighted by Gasteiger charge is -2.13. The molecule has 1 aliphatic rings. The van der Waals surface area contributed by atoms with Crippen LogP contribution < -0.4 is 15.4 Å². The topological polar surface area (TPSA) is 141 Å². The quantitative estimate of drug-likeness (QED) is 0.0724. The molecule has 0 radical (unpaired) electrons. The van der Waals surface area contributed by atoms with Crippen LogP contribution in [0.15, 0.2) is 100 Å². The predicted octanol–water partition coefficient (Wildman–Crippen LogP) is 11.5. The molecule has 7 aromatic rings. The van der Waals surface area contributed by atoms with Gasteiger partial charge in [0.2, 0.25) is 5.91 Å².